The van der Waals surface area contributed by atoms with E-state index < -0.39 is 0 Å². The van der Waals surface area contributed by atoms with Crippen molar-refractivity contribution in [3.05, 3.63) is 35.4 Å². The number of hydrogen-bond donors (Lipinski definition) is 1. The maximum Gasteiger partial charge on any atom is 0.0837 e. The van der Waals surface area contributed by atoms with E-state index in [0.29, 0.717) is 6.04 Å². The minimum atomic E-state index is 0.0344. The Bertz CT molecular complexity index is 387. The van der Waals surface area contributed by atoms with E-state index in [2.05, 4.69) is 50.5 Å². The molecule has 1 aromatic rings. The molecule has 0 aromatic heterocycles. The minimum Gasteiger partial charge on any atom is -0.374 e. The van der Waals surface area contributed by atoms with Crippen LogP contribution < -0.4 is 5.32 Å². The molecule has 0 saturated heterocycles. The Labute approximate surface area is 123 Å². The Morgan fingerprint density at radius 1 is 1.15 bits per heavy atom. The number of benzene rings is 1. The fourth-order valence-corrected chi connectivity index (χ4v) is 3.54. The topological polar surface area (TPSA) is 21.3 Å². The molecule has 1 aliphatic carbocycles. The quantitative estimate of drug-likeness (QED) is 0.851. The standard InChI is InChI=1S/C18H29NO/c1-4-20-18(12-6-5-7-13-18)17(19-3)14-16-10-8-15(2)9-11-16/h8-11,17,19H,4-7,12-14H2,1-3H3. The van der Waals surface area contributed by atoms with Crippen LogP contribution in [0.4, 0.5) is 0 Å². The van der Waals surface area contributed by atoms with Crippen LogP contribution in [0, 0.1) is 6.92 Å². The van der Waals surface area contributed by atoms with Crippen LogP contribution in [0.15, 0.2) is 24.3 Å². The van der Waals surface area contributed by atoms with Crippen molar-refractivity contribution in [3.63, 3.8) is 0 Å². The maximum absolute atomic E-state index is 6.26. The van der Waals surface area contributed by atoms with E-state index in [1.807, 2.05) is 0 Å². The number of likely N-dealkylation sites (N-methyl/N-ethyl adjacent to an activating group) is 1. The lowest BCUT2D eigenvalue weighted by Gasteiger charge is -2.43. The van der Waals surface area contributed by atoms with Crippen molar-refractivity contribution in [2.75, 3.05) is 13.7 Å². The molecule has 0 radical (unpaired) electrons. The summed E-state index contributed by atoms with van der Waals surface area (Å²) in [6.45, 7) is 5.07. The van der Waals surface area contributed by atoms with Gasteiger partial charge in [-0.2, -0.15) is 0 Å². The van der Waals surface area contributed by atoms with Crippen molar-refractivity contribution in [3.8, 4) is 0 Å². The largest absolute Gasteiger partial charge is 0.374 e. The molecule has 1 atom stereocenters. The summed E-state index contributed by atoms with van der Waals surface area (Å²) in [7, 11) is 2.08. The highest BCUT2D eigenvalue weighted by molar-refractivity contribution is 5.23. The van der Waals surface area contributed by atoms with Gasteiger partial charge in [0.1, 0.15) is 0 Å². The van der Waals surface area contributed by atoms with E-state index in [-0.39, 0.29) is 5.60 Å². The summed E-state index contributed by atoms with van der Waals surface area (Å²) in [6, 6.07) is 9.32. The third-order valence-corrected chi connectivity index (χ3v) is 4.68. The zero-order valence-corrected chi connectivity index (χ0v) is 13.2. The summed E-state index contributed by atoms with van der Waals surface area (Å²) < 4.78 is 6.26. The third kappa shape index (κ3) is 3.62. The predicted molar refractivity (Wildman–Crippen MR) is 85.2 cm³/mol. The van der Waals surface area contributed by atoms with Crippen molar-refractivity contribution < 1.29 is 4.74 Å². The number of aryl methyl sites for hydroxylation is 1. The van der Waals surface area contributed by atoms with Gasteiger partial charge in [0.05, 0.1) is 5.60 Å². The van der Waals surface area contributed by atoms with E-state index in [0.717, 1.165) is 13.0 Å². The van der Waals surface area contributed by atoms with Crippen molar-refractivity contribution in [2.24, 2.45) is 0 Å². The zero-order valence-electron chi connectivity index (χ0n) is 13.2. The van der Waals surface area contributed by atoms with Gasteiger partial charge in [-0.15, -0.1) is 0 Å². The van der Waals surface area contributed by atoms with E-state index in [1.165, 1.54) is 43.2 Å². The lowest BCUT2D eigenvalue weighted by Crippen LogP contribution is -2.53. The van der Waals surface area contributed by atoms with E-state index in [1.54, 1.807) is 0 Å². The summed E-state index contributed by atoms with van der Waals surface area (Å²) in [4.78, 5) is 0. The van der Waals surface area contributed by atoms with Crippen LogP contribution >= 0.6 is 0 Å². The second kappa shape index (κ2) is 7.24. The molecule has 2 heteroatoms. The Balaban J connectivity index is 2.13. The summed E-state index contributed by atoms with van der Waals surface area (Å²) in [5, 5.41) is 3.54. The molecule has 112 valence electrons. The van der Waals surface area contributed by atoms with Crippen LogP contribution in [0.5, 0.6) is 0 Å². The summed E-state index contributed by atoms with van der Waals surface area (Å²) in [6.07, 6.45) is 7.39. The summed E-state index contributed by atoms with van der Waals surface area (Å²) in [5.74, 6) is 0. The molecule has 20 heavy (non-hydrogen) atoms. The Hall–Kier alpha value is -0.860. The molecule has 2 nitrogen and oxygen atoms in total. The lowest BCUT2D eigenvalue weighted by molar-refractivity contribution is -0.0883. The predicted octanol–water partition coefficient (Wildman–Crippen LogP) is 3.86. The molecule has 0 bridgehead atoms. The van der Waals surface area contributed by atoms with E-state index in [4.69, 9.17) is 4.74 Å². The normalized spacial score (nSPS) is 19.8. The molecule has 1 N–H and O–H groups in total. The average Bonchev–Trinajstić information content (AvgIpc) is 2.48. The highest BCUT2D eigenvalue weighted by Crippen LogP contribution is 2.35. The van der Waals surface area contributed by atoms with Crippen LogP contribution in [0.3, 0.4) is 0 Å². The SMILES string of the molecule is CCOC1(C(Cc2ccc(C)cc2)NC)CCCCC1. The molecule has 2 rings (SSSR count). The van der Waals surface area contributed by atoms with Gasteiger partial charge in [0.2, 0.25) is 0 Å². The Kier molecular flexibility index (Phi) is 5.62. The molecule has 1 unspecified atom stereocenters. The second-order valence-corrected chi connectivity index (χ2v) is 6.09. The van der Waals surface area contributed by atoms with Crippen LogP contribution in [0.2, 0.25) is 0 Å². The molecule has 0 heterocycles. The van der Waals surface area contributed by atoms with Crippen LogP contribution in [0.1, 0.15) is 50.2 Å². The molecule has 1 saturated carbocycles. The van der Waals surface area contributed by atoms with Crippen LogP contribution in [-0.2, 0) is 11.2 Å². The number of ether oxygens (including phenoxy) is 1. The second-order valence-electron chi connectivity index (χ2n) is 6.09. The third-order valence-electron chi connectivity index (χ3n) is 4.68. The molecular formula is C18H29NO. The molecule has 1 aliphatic rings. The van der Waals surface area contributed by atoms with Gasteiger partial charge in [-0.05, 0) is 45.7 Å². The van der Waals surface area contributed by atoms with E-state index in [9.17, 15) is 0 Å². The maximum atomic E-state index is 6.26. The van der Waals surface area contributed by atoms with Crippen LogP contribution in [-0.4, -0.2) is 25.3 Å². The van der Waals surface area contributed by atoms with Crippen molar-refractivity contribution in [1.82, 2.24) is 5.32 Å². The molecule has 1 fully saturated rings. The van der Waals surface area contributed by atoms with Crippen LogP contribution in [0.25, 0.3) is 0 Å². The van der Waals surface area contributed by atoms with Gasteiger partial charge in [0.15, 0.2) is 0 Å². The highest BCUT2D eigenvalue weighted by Gasteiger charge is 2.39. The molecule has 0 aliphatic heterocycles. The highest BCUT2D eigenvalue weighted by atomic mass is 16.5. The fourth-order valence-electron chi connectivity index (χ4n) is 3.54. The molecular weight excluding hydrogens is 246 g/mol. The smallest absolute Gasteiger partial charge is 0.0837 e. The number of hydrogen-bond acceptors (Lipinski definition) is 2. The minimum absolute atomic E-state index is 0.0344. The Morgan fingerprint density at radius 2 is 1.80 bits per heavy atom. The first-order chi connectivity index (χ1) is 9.70. The number of nitrogens with one attached hydrogen (secondary N) is 1. The van der Waals surface area contributed by atoms with Crippen molar-refractivity contribution >= 4 is 0 Å². The monoisotopic (exact) mass is 275 g/mol. The van der Waals surface area contributed by atoms with Gasteiger partial charge < -0.3 is 10.1 Å². The van der Waals surface area contributed by atoms with Gasteiger partial charge >= 0.3 is 0 Å². The summed E-state index contributed by atoms with van der Waals surface area (Å²) >= 11 is 0. The zero-order chi connectivity index (χ0) is 14.4. The lowest BCUT2D eigenvalue weighted by atomic mass is 9.77. The van der Waals surface area contributed by atoms with Gasteiger partial charge in [-0.1, -0.05) is 49.1 Å². The van der Waals surface area contributed by atoms with Gasteiger partial charge in [-0.25, -0.2) is 0 Å². The van der Waals surface area contributed by atoms with E-state index >= 15 is 0 Å². The first kappa shape index (κ1) is 15.5. The Morgan fingerprint density at radius 3 is 2.35 bits per heavy atom. The number of rotatable bonds is 6. The fraction of sp³-hybridized carbons (Fsp3) is 0.667. The molecule has 0 amide bonds. The van der Waals surface area contributed by atoms with Crippen molar-refractivity contribution in [2.45, 2.75) is 64.0 Å². The van der Waals surface area contributed by atoms with Crippen molar-refractivity contribution in [1.29, 1.82) is 0 Å². The summed E-state index contributed by atoms with van der Waals surface area (Å²) in [5.41, 5.74) is 2.76. The van der Waals surface area contributed by atoms with Gasteiger partial charge in [0.25, 0.3) is 0 Å². The van der Waals surface area contributed by atoms with Gasteiger partial charge in [-0.3, -0.25) is 0 Å². The first-order valence-electron chi connectivity index (χ1n) is 8.07. The molecule has 0 spiro atoms. The first-order valence-corrected chi connectivity index (χ1v) is 8.07. The average molecular weight is 275 g/mol. The molecule has 1 aromatic carbocycles. The van der Waals surface area contributed by atoms with Gasteiger partial charge in [0, 0.05) is 12.6 Å².